The van der Waals surface area contributed by atoms with Crippen molar-refractivity contribution < 1.29 is 116 Å². The monoisotopic (exact) mass is 1440 g/mol. The number of allylic oxidation sites excluding steroid dienone is 4. The first-order valence-electron chi connectivity index (χ1n) is 35.0. The molecular weight excluding hydrogens is 1340 g/mol. The van der Waals surface area contributed by atoms with Crippen LogP contribution in [0.2, 0.25) is 0 Å². The maximum atomic E-state index is 14.7. The number of urea groups is 1. The lowest BCUT2D eigenvalue weighted by atomic mass is 9.47. The molecule has 1 saturated heterocycles. The SMILES string of the molecule is CCCC1O[C@@H]2C[C@H]3[C@@H]4CCC5=CC(=O)C=C[C@]5(C)[C@H]4CC[C@]3(C)[C@]2(C(=O)COC(=O)OCc2ccc(NC(=O)[C@H](CCCNC(N)=O)NC(=O)[C@@H](NC(=O)[C@@H](CCC(=O)NC[C@H](O)[C@@H](O)[C@H](O)[C@H](O)CO)NC(=O)CCOCCOCCOCCOCCN3C(=O)C=CC3=O)C(C)C)cc2)O1. The molecule has 0 spiro atoms. The molecule has 2 aliphatic heterocycles. The van der Waals surface area contributed by atoms with Crippen molar-refractivity contribution >= 4 is 70.8 Å². The Bertz CT molecular complexity index is 3170. The molecule has 102 heavy (non-hydrogen) atoms. The van der Waals surface area contributed by atoms with Crippen LogP contribution in [-0.4, -0.2) is 242 Å². The molecule has 6 aliphatic rings. The topological polar surface area (TPSA) is 464 Å². The normalized spacial score (nSPS) is 25.3. The lowest BCUT2D eigenvalue weighted by molar-refractivity contribution is -0.186. The number of Topliss-reactive ketones (excluding diaryl/α,β-unsaturated/α-hetero) is 1. The molecule has 7 rings (SSSR count). The third-order valence-electron chi connectivity index (χ3n) is 20.1. The van der Waals surface area contributed by atoms with Crippen molar-refractivity contribution in [3.63, 3.8) is 0 Å². The molecule has 1 unspecified atom stereocenters. The molecule has 4 fully saturated rings. The van der Waals surface area contributed by atoms with Crippen LogP contribution in [0.4, 0.5) is 15.3 Å². The maximum Gasteiger partial charge on any atom is 0.509 e. The third-order valence-corrected chi connectivity index (χ3v) is 20.1. The number of imide groups is 1. The van der Waals surface area contributed by atoms with E-state index in [4.69, 9.17) is 48.7 Å². The fraction of sp³-hybridized carbons (Fsp3) is 0.671. The number of carbonyl (C=O) groups excluding carboxylic acids is 11. The van der Waals surface area contributed by atoms with E-state index < -0.39 is 157 Å². The summed E-state index contributed by atoms with van der Waals surface area (Å²) in [5.74, 6) is -5.19. The molecule has 13 N–H and O–H groups in total. The molecule has 32 nitrogen and oxygen atoms in total. The lowest BCUT2D eigenvalue weighted by Gasteiger charge is -2.58. The van der Waals surface area contributed by atoms with E-state index in [1.54, 1.807) is 38.1 Å². The molecule has 0 aromatic heterocycles. The lowest BCUT2D eigenvalue weighted by Crippen LogP contribution is -2.60. The van der Waals surface area contributed by atoms with Crippen LogP contribution >= 0.6 is 0 Å². The number of hydrogen-bond acceptors (Lipinski definition) is 24. The maximum absolute atomic E-state index is 14.7. The van der Waals surface area contributed by atoms with Gasteiger partial charge < -0.3 is 101 Å². The molecule has 566 valence electrons. The quantitative estimate of drug-likeness (QED) is 0.0238. The minimum Gasteiger partial charge on any atom is -0.429 e. The van der Waals surface area contributed by atoms with Crippen LogP contribution in [0, 0.1) is 34.5 Å². The van der Waals surface area contributed by atoms with Crippen molar-refractivity contribution in [2.45, 2.75) is 179 Å². The first kappa shape index (κ1) is 81.7. The van der Waals surface area contributed by atoms with E-state index in [0.717, 1.165) is 36.2 Å². The van der Waals surface area contributed by atoms with Crippen molar-refractivity contribution in [3.8, 4) is 0 Å². The summed E-state index contributed by atoms with van der Waals surface area (Å²) in [5, 5.41) is 64.8. The number of amides is 9. The van der Waals surface area contributed by atoms with Crippen LogP contribution in [0.3, 0.4) is 0 Å². The van der Waals surface area contributed by atoms with Gasteiger partial charge in [-0.3, -0.25) is 48.1 Å². The van der Waals surface area contributed by atoms with E-state index in [2.05, 4.69) is 51.8 Å². The van der Waals surface area contributed by atoms with Gasteiger partial charge in [0.2, 0.25) is 35.3 Å². The summed E-state index contributed by atoms with van der Waals surface area (Å²) < 4.78 is 46.1. The van der Waals surface area contributed by atoms with Crippen LogP contribution in [0.1, 0.15) is 117 Å². The number of nitrogens with zero attached hydrogens (tertiary/aromatic N) is 1. The van der Waals surface area contributed by atoms with Crippen LogP contribution in [0.15, 0.2) is 60.2 Å². The number of carbonyl (C=O) groups is 11. The van der Waals surface area contributed by atoms with E-state index in [1.807, 2.05) is 6.92 Å². The second-order valence-corrected chi connectivity index (χ2v) is 27.3. The molecule has 15 atom stereocenters. The Morgan fingerprint density at radius 1 is 0.725 bits per heavy atom. The summed E-state index contributed by atoms with van der Waals surface area (Å²) in [4.78, 5) is 145. The Balaban J connectivity index is 0.901. The van der Waals surface area contributed by atoms with Gasteiger partial charge in [0, 0.05) is 54.6 Å². The van der Waals surface area contributed by atoms with Crippen molar-refractivity contribution in [1.29, 1.82) is 0 Å². The third kappa shape index (κ3) is 21.5. The highest BCUT2D eigenvalue weighted by molar-refractivity contribution is 6.13. The second kappa shape index (κ2) is 38.8. The van der Waals surface area contributed by atoms with Crippen molar-refractivity contribution in [1.82, 2.24) is 31.5 Å². The van der Waals surface area contributed by atoms with E-state index in [0.29, 0.717) is 24.8 Å². The molecule has 3 saturated carbocycles. The number of hydrogen-bond donors (Lipinski definition) is 12. The summed E-state index contributed by atoms with van der Waals surface area (Å²) in [7, 11) is 0. The van der Waals surface area contributed by atoms with E-state index in [-0.39, 0.29) is 133 Å². The molecule has 0 radical (unpaired) electrons. The molecule has 9 amide bonds. The van der Waals surface area contributed by atoms with Crippen LogP contribution in [-0.2, 0) is 87.7 Å². The van der Waals surface area contributed by atoms with Crippen LogP contribution < -0.4 is 37.6 Å². The number of benzene rings is 1. The molecule has 2 heterocycles. The van der Waals surface area contributed by atoms with Gasteiger partial charge in [-0.2, -0.15) is 0 Å². The highest BCUT2D eigenvalue weighted by Crippen LogP contribution is 2.70. The minimum absolute atomic E-state index is 0.00571. The van der Waals surface area contributed by atoms with Crippen LogP contribution in [0.5, 0.6) is 0 Å². The van der Waals surface area contributed by atoms with Gasteiger partial charge in [-0.15, -0.1) is 0 Å². The highest BCUT2D eigenvalue weighted by Gasteiger charge is 2.74. The molecule has 0 bridgehead atoms. The predicted octanol–water partition coefficient (Wildman–Crippen LogP) is 0.318. The average molecular weight is 1440 g/mol. The number of anilines is 1. The fourth-order valence-corrected chi connectivity index (χ4v) is 14.6. The van der Waals surface area contributed by atoms with Crippen molar-refractivity contribution in [2.24, 2.45) is 40.2 Å². The Morgan fingerprint density at radius 3 is 2.02 bits per heavy atom. The van der Waals surface area contributed by atoms with Gasteiger partial charge in [0.05, 0.1) is 78.2 Å². The number of nitrogens with one attached hydrogen (secondary N) is 6. The number of primary amides is 1. The number of aliphatic hydroxyl groups excluding tert-OH is 5. The first-order chi connectivity index (χ1) is 48.6. The summed E-state index contributed by atoms with van der Waals surface area (Å²) >= 11 is 0. The van der Waals surface area contributed by atoms with Crippen molar-refractivity contribution in [2.75, 3.05) is 91.0 Å². The Labute approximate surface area is 592 Å². The zero-order valence-corrected chi connectivity index (χ0v) is 58.6. The average Bonchev–Trinajstić information content (AvgIpc) is 1.51. The Morgan fingerprint density at radius 2 is 1.37 bits per heavy atom. The molecule has 1 aromatic rings. The van der Waals surface area contributed by atoms with Gasteiger partial charge in [0.15, 0.2) is 24.3 Å². The van der Waals surface area contributed by atoms with Crippen molar-refractivity contribution in [3.05, 3.63) is 65.8 Å². The Kier molecular flexibility index (Phi) is 31.0. The molecule has 1 aromatic carbocycles. The molecule has 4 aliphatic carbocycles. The van der Waals surface area contributed by atoms with E-state index in [1.165, 1.54) is 24.3 Å². The van der Waals surface area contributed by atoms with Gasteiger partial charge in [0.1, 0.15) is 43.0 Å². The first-order valence-corrected chi connectivity index (χ1v) is 35.0. The minimum atomic E-state index is -1.98. The van der Waals surface area contributed by atoms with Gasteiger partial charge in [-0.25, -0.2) is 9.59 Å². The van der Waals surface area contributed by atoms with Gasteiger partial charge in [-0.05, 0) is 111 Å². The zero-order chi connectivity index (χ0) is 74.3. The zero-order valence-electron chi connectivity index (χ0n) is 58.6. The highest BCUT2D eigenvalue weighted by atomic mass is 16.8. The Hall–Kier alpha value is -7.63. The summed E-state index contributed by atoms with van der Waals surface area (Å²) in [6, 6.07) is 1.20. The number of ketones is 2. The fourth-order valence-electron chi connectivity index (χ4n) is 14.6. The number of rotatable bonds is 43. The summed E-state index contributed by atoms with van der Waals surface area (Å²) in [6.07, 6.45) is 2.17. The molecular formula is C70H102N8O24. The smallest absolute Gasteiger partial charge is 0.429 e. The number of aliphatic hydroxyl groups is 5. The van der Waals surface area contributed by atoms with E-state index >= 15 is 0 Å². The van der Waals surface area contributed by atoms with Crippen LogP contribution in [0.25, 0.3) is 0 Å². The number of ether oxygens (including phenoxy) is 8. The summed E-state index contributed by atoms with van der Waals surface area (Å²) in [5.41, 5.74) is 4.92. The number of nitrogens with two attached hydrogens (primary N) is 1. The van der Waals surface area contributed by atoms with Gasteiger partial charge >= 0.3 is 12.2 Å². The largest absolute Gasteiger partial charge is 0.509 e. The van der Waals surface area contributed by atoms with E-state index in [9.17, 15) is 73.2 Å². The van der Waals surface area contributed by atoms with Gasteiger partial charge in [0.25, 0.3) is 11.8 Å². The second-order valence-electron chi connectivity index (χ2n) is 27.3. The number of fused-ring (bicyclic) bond motifs is 7. The summed E-state index contributed by atoms with van der Waals surface area (Å²) in [6.45, 7) is 8.32. The predicted molar refractivity (Wildman–Crippen MR) is 360 cm³/mol. The standard InChI is InChI=1S/C70H102N8O24/c1-6-8-59-101-54-36-48-46-15-12-43-35-45(80)20-23-68(43,4)47(46)21-24-69(48,5)70(54,102-59)53(83)40-100-67(94)99-39-42-10-13-44(14-11-42)74-63(90)49(9-7-25-72-66(71)93)76-65(92)60(41(2)3)77-64(91)50(16-17-55(84)73-37-51(81)61(88)62(89)52(82)38-79)75-56(85)22-27-95-29-31-97-33-34-98-32-30-96-28-26-78-57(86)18-19-58(78)87/h10-11,13-14,18-20,23,35,41,46-52,54,59-62,79,81-82,88-89H,6-9,12,15-17,21-22,24-34,36-40H2,1-5H3,(H,73,84)(H,74,90)(H,75,85)(H,76,92)(H,77,91)(H3,71,72,93)/t46-,47+,48+,49+,50-,51+,52-,54-,59?,60+,61-,62-,68+,69+,70-/m1/s1. The van der Waals surface area contributed by atoms with Gasteiger partial charge in [-0.1, -0.05) is 64.8 Å². The molecule has 32 heteroatoms.